The van der Waals surface area contributed by atoms with Crippen LogP contribution in [0.2, 0.25) is 0 Å². The summed E-state index contributed by atoms with van der Waals surface area (Å²) in [5.41, 5.74) is 0.676. The summed E-state index contributed by atoms with van der Waals surface area (Å²) in [5.74, 6) is 1.54. The van der Waals surface area contributed by atoms with Crippen molar-refractivity contribution in [3.8, 4) is 5.75 Å². The highest BCUT2D eigenvalue weighted by Crippen LogP contribution is 2.29. The van der Waals surface area contributed by atoms with E-state index in [1.807, 2.05) is 24.3 Å². The standard InChI is InChI=1S/C19H28N2O3/c22-17-8-12-21(13-9-17)11-1-10-20-19(23)16-4-6-18(7-5-16)24-14-15-2-3-15/h4-7,15,17,22H,1-3,8-14H2,(H,20,23). The zero-order valence-corrected chi connectivity index (χ0v) is 14.2. The van der Waals surface area contributed by atoms with Crippen LogP contribution in [0.5, 0.6) is 5.75 Å². The number of hydrogen-bond donors (Lipinski definition) is 2. The Morgan fingerprint density at radius 3 is 2.54 bits per heavy atom. The molecule has 1 aliphatic heterocycles. The number of benzene rings is 1. The number of amides is 1. The van der Waals surface area contributed by atoms with Gasteiger partial charge in [-0.25, -0.2) is 0 Å². The minimum absolute atomic E-state index is 0.0298. The highest BCUT2D eigenvalue weighted by atomic mass is 16.5. The normalized spacial score (nSPS) is 19.2. The van der Waals surface area contributed by atoms with Gasteiger partial charge in [-0.2, -0.15) is 0 Å². The van der Waals surface area contributed by atoms with Gasteiger partial charge >= 0.3 is 0 Å². The van der Waals surface area contributed by atoms with Crippen LogP contribution in [0.1, 0.15) is 42.5 Å². The number of rotatable bonds is 8. The molecule has 1 amide bonds. The Balaban J connectivity index is 1.32. The Labute approximate surface area is 144 Å². The zero-order chi connectivity index (χ0) is 16.8. The van der Waals surface area contributed by atoms with E-state index in [-0.39, 0.29) is 12.0 Å². The third-order valence-electron chi connectivity index (χ3n) is 4.79. The number of nitrogens with zero attached hydrogens (tertiary/aromatic N) is 1. The molecule has 2 aliphatic rings. The van der Waals surface area contributed by atoms with Gasteiger partial charge in [0.25, 0.3) is 5.91 Å². The second kappa shape index (κ2) is 8.49. The largest absolute Gasteiger partial charge is 0.493 e. The molecule has 0 aromatic heterocycles. The van der Waals surface area contributed by atoms with Crippen molar-refractivity contribution in [1.82, 2.24) is 10.2 Å². The summed E-state index contributed by atoms with van der Waals surface area (Å²) in [6.45, 7) is 4.35. The lowest BCUT2D eigenvalue weighted by molar-refractivity contribution is 0.0816. The first kappa shape index (κ1) is 17.2. The summed E-state index contributed by atoms with van der Waals surface area (Å²) < 4.78 is 5.68. The molecule has 0 unspecified atom stereocenters. The summed E-state index contributed by atoms with van der Waals surface area (Å²) in [5, 5.41) is 12.5. The van der Waals surface area contributed by atoms with Crippen LogP contribution in [0.3, 0.4) is 0 Å². The number of piperidine rings is 1. The maximum atomic E-state index is 12.1. The van der Waals surface area contributed by atoms with Crippen LogP contribution in [0.15, 0.2) is 24.3 Å². The van der Waals surface area contributed by atoms with E-state index in [1.54, 1.807) is 0 Å². The molecular formula is C19H28N2O3. The first-order valence-corrected chi connectivity index (χ1v) is 9.12. The van der Waals surface area contributed by atoms with Crippen molar-refractivity contribution in [3.05, 3.63) is 29.8 Å². The van der Waals surface area contributed by atoms with Crippen LogP contribution in [-0.4, -0.2) is 54.8 Å². The lowest BCUT2D eigenvalue weighted by atomic mass is 10.1. The van der Waals surface area contributed by atoms with Gasteiger partial charge in [-0.1, -0.05) is 0 Å². The lowest BCUT2D eigenvalue weighted by Crippen LogP contribution is -2.37. The second-order valence-corrected chi connectivity index (χ2v) is 6.96. The van der Waals surface area contributed by atoms with Crippen molar-refractivity contribution in [3.63, 3.8) is 0 Å². The molecule has 2 fully saturated rings. The molecule has 3 rings (SSSR count). The van der Waals surface area contributed by atoms with Crippen LogP contribution < -0.4 is 10.1 Å². The van der Waals surface area contributed by atoms with Gasteiger partial charge in [0, 0.05) is 25.2 Å². The summed E-state index contributed by atoms with van der Waals surface area (Å²) in [6, 6.07) is 7.39. The second-order valence-electron chi connectivity index (χ2n) is 6.96. The maximum absolute atomic E-state index is 12.1. The van der Waals surface area contributed by atoms with E-state index in [0.717, 1.165) is 57.2 Å². The number of nitrogens with one attached hydrogen (secondary N) is 1. The molecule has 1 aliphatic carbocycles. The molecule has 1 heterocycles. The van der Waals surface area contributed by atoms with Crippen molar-refractivity contribution in [2.45, 2.75) is 38.2 Å². The average molecular weight is 332 g/mol. The van der Waals surface area contributed by atoms with Crippen LogP contribution >= 0.6 is 0 Å². The Hall–Kier alpha value is -1.59. The third-order valence-corrected chi connectivity index (χ3v) is 4.79. The SMILES string of the molecule is O=C(NCCCN1CCC(O)CC1)c1ccc(OCC2CC2)cc1. The molecule has 0 radical (unpaired) electrons. The van der Waals surface area contributed by atoms with Crippen molar-refractivity contribution < 1.29 is 14.6 Å². The van der Waals surface area contributed by atoms with E-state index < -0.39 is 0 Å². The number of aliphatic hydroxyl groups is 1. The van der Waals surface area contributed by atoms with Crippen molar-refractivity contribution in [2.75, 3.05) is 32.8 Å². The highest BCUT2D eigenvalue weighted by Gasteiger charge is 2.21. The molecule has 1 saturated carbocycles. The molecule has 5 heteroatoms. The minimum atomic E-state index is -0.128. The fraction of sp³-hybridized carbons (Fsp3) is 0.632. The molecule has 0 bridgehead atoms. The van der Waals surface area contributed by atoms with Crippen LogP contribution in [-0.2, 0) is 0 Å². The Morgan fingerprint density at radius 2 is 1.88 bits per heavy atom. The predicted molar refractivity (Wildman–Crippen MR) is 93.3 cm³/mol. The van der Waals surface area contributed by atoms with Gasteiger partial charge in [-0.15, -0.1) is 0 Å². The van der Waals surface area contributed by atoms with E-state index in [9.17, 15) is 9.90 Å². The van der Waals surface area contributed by atoms with Gasteiger partial charge in [0.2, 0.25) is 0 Å². The highest BCUT2D eigenvalue weighted by molar-refractivity contribution is 5.94. The van der Waals surface area contributed by atoms with Crippen LogP contribution in [0.25, 0.3) is 0 Å². The summed E-state index contributed by atoms with van der Waals surface area (Å²) >= 11 is 0. The van der Waals surface area contributed by atoms with Gasteiger partial charge < -0.3 is 20.1 Å². The molecule has 24 heavy (non-hydrogen) atoms. The van der Waals surface area contributed by atoms with Gasteiger partial charge in [-0.3, -0.25) is 4.79 Å². The Kier molecular flexibility index (Phi) is 6.10. The summed E-state index contributed by atoms with van der Waals surface area (Å²) in [6.07, 6.45) is 5.09. The van der Waals surface area contributed by atoms with E-state index in [1.165, 1.54) is 12.8 Å². The van der Waals surface area contributed by atoms with Gasteiger partial charge in [0.15, 0.2) is 0 Å². The summed E-state index contributed by atoms with van der Waals surface area (Å²) in [4.78, 5) is 14.5. The Morgan fingerprint density at radius 1 is 1.17 bits per heavy atom. The fourth-order valence-corrected chi connectivity index (χ4v) is 2.95. The molecule has 5 nitrogen and oxygen atoms in total. The monoisotopic (exact) mass is 332 g/mol. The number of ether oxygens (including phenoxy) is 1. The van der Waals surface area contributed by atoms with Crippen molar-refractivity contribution >= 4 is 5.91 Å². The number of hydrogen-bond acceptors (Lipinski definition) is 4. The minimum Gasteiger partial charge on any atom is -0.493 e. The molecule has 2 N–H and O–H groups in total. The van der Waals surface area contributed by atoms with Crippen LogP contribution in [0, 0.1) is 5.92 Å². The number of carbonyl (C=O) groups excluding carboxylic acids is 1. The molecule has 0 spiro atoms. The number of aliphatic hydroxyl groups excluding tert-OH is 1. The smallest absolute Gasteiger partial charge is 0.251 e. The van der Waals surface area contributed by atoms with E-state index in [4.69, 9.17) is 4.74 Å². The molecule has 132 valence electrons. The summed E-state index contributed by atoms with van der Waals surface area (Å²) in [7, 11) is 0. The average Bonchev–Trinajstić information content (AvgIpc) is 3.43. The van der Waals surface area contributed by atoms with E-state index in [2.05, 4.69) is 10.2 Å². The van der Waals surface area contributed by atoms with E-state index >= 15 is 0 Å². The molecule has 0 atom stereocenters. The number of likely N-dealkylation sites (tertiary alicyclic amines) is 1. The molecule has 1 saturated heterocycles. The predicted octanol–water partition coefficient (Wildman–Crippen LogP) is 2.05. The van der Waals surface area contributed by atoms with Gasteiger partial charge in [0.05, 0.1) is 12.7 Å². The lowest BCUT2D eigenvalue weighted by Gasteiger charge is -2.29. The zero-order valence-electron chi connectivity index (χ0n) is 14.2. The quantitative estimate of drug-likeness (QED) is 0.715. The molecule has 1 aromatic carbocycles. The van der Waals surface area contributed by atoms with Gasteiger partial charge in [0.1, 0.15) is 5.75 Å². The first-order chi connectivity index (χ1) is 11.7. The number of carbonyl (C=O) groups is 1. The van der Waals surface area contributed by atoms with Crippen molar-refractivity contribution in [2.24, 2.45) is 5.92 Å². The third kappa shape index (κ3) is 5.49. The topological polar surface area (TPSA) is 61.8 Å². The fourth-order valence-electron chi connectivity index (χ4n) is 2.95. The van der Waals surface area contributed by atoms with Gasteiger partial charge in [-0.05, 0) is 68.8 Å². The maximum Gasteiger partial charge on any atom is 0.251 e. The Bertz CT molecular complexity index is 520. The molecular weight excluding hydrogens is 304 g/mol. The van der Waals surface area contributed by atoms with Crippen LogP contribution in [0.4, 0.5) is 0 Å². The molecule has 1 aromatic rings. The van der Waals surface area contributed by atoms with Crippen molar-refractivity contribution in [1.29, 1.82) is 0 Å². The first-order valence-electron chi connectivity index (χ1n) is 9.12. The van der Waals surface area contributed by atoms with E-state index in [0.29, 0.717) is 12.1 Å².